The van der Waals surface area contributed by atoms with E-state index in [2.05, 4.69) is 33.0 Å². The highest BCUT2D eigenvalue weighted by Crippen LogP contribution is 2.32. The molecule has 0 bridgehead atoms. The van der Waals surface area contributed by atoms with Crippen molar-refractivity contribution in [3.63, 3.8) is 0 Å². The van der Waals surface area contributed by atoms with Crippen LogP contribution in [0.25, 0.3) is 0 Å². The van der Waals surface area contributed by atoms with Gasteiger partial charge in [0.25, 0.3) is 0 Å². The topological polar surface area (TPSA) is 12.9 Å². The molecule has 0 atom stereocenters. The fourth-order valence-electron chi connectivity index (χ4n) is 1.86. The Bertz CT molecular complexity index is 480. The van der Waals surface area contributed by atoms with Gasteiger partial charge in [-0.2, -0.15) is 0 Å². The number of aromatic nitrogens is 1. The third-order valence-corrected chi connectivity index (χ3v) is 5.16. The smallest absolute Gasteiger partial charge is 0.0794 e. The Balaban J connectivity index is 2.33. The van der Waals surface area contributed by atoms with E-state index in [0.29, 0.717) is 11.8 Å². The highest BCUT2D eigenvalue weighted by Gasteiger charge is 2.31. The third-order valence-electron chi connectivity index (χ3n) is 2.97. The monoisotopic (exact) mass is 363 g/mol. The molecule has 5 heteroatoms. The van der Waals surface area contributed by atoms with Gasteiger partial charge in [0.15, 0.2) is 0 Å². The van der Waals surface area contributed by atoms with Crippen LogP contribution in [0.3, 0.4) is 0 Å². The molecule has 1 aromatic carbocycles. The first kappa shape index (κ1) is 14.3. The zero-order valence-electron chi connectivity index (χ0n) is 9.57. The molecule has 0 radical (unpaired) electrons. The maximum atomic E-state index is 6.20. The fourth-order valence-corrected chi connectivity index (χ4v) is 3.47. The van der Waals surface area contributed by atoms with Gasteiger partial charge in [0.2, 0.25) is 0 Å². The predicted octanol–water partition coefficient (Wildman–Crippen LogP) is 4.86. The molecule has 2 rings (SSSR count). The maximum absolute atomic E-state index is 6.20. The van der Waals surface area contributed by atoms with Crippen LogP contribution in [0.15, 0.2) is 39.6 Å². The Labute approximate surface area is 129 Å². The van der Waals surface area contributed by atoms with Crippen LogP contribution in [-0.4, -0.2) is 16.7 Å². The van der Waals surface area contributed by atoms with Gasteiger partial charge in [-0.25, -0.2) is 4.98 Å². The molecule has 1 heterocycles. The summed E-state index contributed by atoms with van der Waals surface area (Å²) in [6.45, 7) is 0. The van der Waals surface area contributed by atoms with E-state index < -0.39 is 0 Å². The van der Waals surface area contributed by atoms with Crippen molar-refractivity contribution in [1.29, 1.82) is 0 Å². The largest absolute Gasteiger partial charge is 0.250 e. The van der Waals surface area contributed by atoms with Crippen LogP contribution in [0.2, 0.25) is 0 Å². The summed E-state index contributed by atoms with van der Waals surface area (Å²) < 4.78 is 1.05. The van der Waals surface area contributed by atoms with E-state index >= 15 is 0 Å². The normalized spacial score (nSPS) is 11.7. The highest BCUT2D eigenvalue weighted by atomic mass is 79.9. The summed E-state index contributed by atoms with van der Waals surface area (Å²) >= 11 is 17.4. The summed E-state index contributed by atoms with van der Waals surface area (Å²) in [6, 6.07) is 8.18. The number of rotatable bonds is 5. The Kier molecular flexibility index (Phi) is 5.07. The van der Waals surface area contributed by atoms with E-state index in [0.717, 1.165) is 22.2 Å². The van der Waals surface area contributed by atoms with Crippen molar-refractivity contribution >= 4 is 50.5 Å². The van der Waals surface area contributed by atoms with Crippen LogP contribution in [0.1, 0.15) is 11.3 Å². The minimum Gasteiger partial charge on any atom is -0.250 e. The Hall–Kier alpha value is -0.0900. The number of nitrogens with zero attached hydrogens (tertiary/aromatic N) is 1. The highest BCUT2D eigenvalue weighted by molar-refractivity contribution is 9.10. The summed E-state index contributed by atoms with van der Waals surface area (Å²) in [4.78, 5) is 4.33. The van der Waals surface area contributed by atoms with Crippen molar-refractivity contribution in [3.8, 4) is 0 Å². The SMILES string of the molecule is ClCC(CCl)(Cc1cscn1)c1ccc(Br)cc1. The first-order valence-electron chi connectivity index (χ1n) is 5.45. The lowest BCUT2D eigenvalue weighted by molar-refractivity contribution is 0.530. The van der Waals surface area contributed by atoms with E-state index in [1.165, 1.54) is 0 Å². The van der Waals surface area contributed by atoms with Crippen LogP contribution in [-0.2, 0) is 11.8 Å². The third kappa shape index (κ3) is 3.08. The molecule has 0 aliphatic carbocycles. The first-order chi connectivity index (χ1) is 8.70. The minimum atomic E-state index is -0.252. The van der Waals surface area contributed by atoms with E-state index in [9.17, 15) is 0 Å². The van der Waals surface area contributed by atoms with E-state index in [-0.39, 0.29) is 5.41 Å². The fraction of sp³-hybridized carbons (Fsp3) is 0.308. The van der Waals surface area contributed by atoms with Gasteiger partial charge in [0.1, 0.15) is 0 Å². The predicted molar refractivity (Wildman–Crippen MR) is 83.1 cm³/mol. The molecule has 0 fully saturated rings. The lowest BCUT2D eigenvalue weighted by Gasteiger charge is -2.29. The van der Waals surface area contributed by atoms with Gasteiger partial charge < -0.3 is 0 Å². The van der Waals surface area contributed by atoms with E-state index in [1.54, 1.807) is 11.3 Å². The lowest BCUT2D eigenvalue weighted by atomic mass is 9.80. The molecule has 1 aromatic heterocycles. The number of halogens is 3. The molecular formula is C13H12BrCl2NS. The number of alkyl halides is 2. The first-order valence-corrected chi connectivity index (χ1v) is 8.26. The van der Waals surface area contributed by atoms with Crippen molar-refractivity contribution in [2.24, 2.45) is 0 Å². The van der Waals surface area contributed by atoms with Gasteiger partial charge in [-0.15, -0.1) is 34.5 Å². The Morgan fingerprint density at radius 1 is 1.17 bits per heavy atom. The molecule has 2 aromatic rings. The molecule has 0 spiro atoms. The zero-order chi connectivity index (χ0) is 13.0. The second-order valence-corrected chi connectivity index (χ2v) is 6.38. The van der Waals surface area contributed by atoms with Gasteiger partial charge in [-0.1, -0.05) is 28.1 Å². The molecule has 0 saturated heterocycles. The molecule has 1 nitrogen and oxygen atoms in total. The van der Waals surface area contributed by atoms with Crippen LogP contribution < -0.4 is 0 Å². The molecular weight excluding hydrogens is 353 g/mol. The molecule has 0 unspecified atom stereocenters. The number of benzene rings is 1. The molecule has 0 amide bonds. The van der Waals surface area contributed by atoms with Crippen molar-refractivity contribution in [1.82, 2.24) is 4.98 Å². The van der Waals surface area contributed by atoms with Crippen molar-refractivity contribution < 1.29 is 0 Å². The molecule has 0 aliphatic rings. The standard InChI is InChI=1S/C13H12BrCl2NS/c14-11-3-1-10(2-4-11)13(7-15,8-16)5-12-6-18-9-17-12/h1-4,6,9H,5,7-8H2. The molecule has 0 aliphatic heterocycles. The average molecular weight is 365 g/mol. The number of thiazole rings is 1. The van der Waals surface area contributed by atoms with Gasteiger partial charge in [0.05, 0.1) is 11.2 Å². The van der Waals surface area contributed by atoms with E-state index in [1.807, 2.05) is 23.0 Å². The van der Waals surface area contributed by atoms with Crippen LogP contribution in [0.5, 0.6) is 0 Å². The summed E-state index contributed by atoms with van der Waals surface area (Å²) in [5, 5.41) is 2.05. The van der Waals surface area contributed by atoms with Crippen molar-refractivity contribution in [2.75, 3.05) is 11.8 Å². The second-order valence-electron chi connectivity index (χ2n) is 4.21. The minimum absolute atomic E-state index is 0.252. The second kappa shape index (κ2) is 6.38. The van der Waals surface area contributed by atoms with Gasteiger partial charge >= 0.3 is 0 Å². The average Bonchev–Trinajstić information content (AvgIpc) is 2.90. The lowest BCUT2D eigenvalue weighted by Crippen LogP contribution is -2.33. The zero-order valence-corrected chi connectivity index (χ0v) is 13.5. The molecule has 0 saturated carbocycles. The summed E-state index contributed by atoms with van der Waals surface area (Å²) in [6.07, 6.45) is 0.769. The number of hydrogen-bond donors (Lipinski definition) is 0. The maximum Gasteiger partial charge on any atom is 0.0794 e. The molecule has 18 heavy (non-hydrogen) atoms. The van der Waals surface area contributed by atoms with Crippen LogP contribution >= 0.6 is 50.5 Å². The quantitative estimate of drug-likeness (QED) is 0.690. The van der Waals surface area contributed by atoms with Crippen LogP contribution in [0, 0.1) is 0 Å². The summed E-state index contributed by atoms with van der Waals surface area (Å²) in [5.74, 6) is 0.964. The van der Waals surface area contributed by atoms with Gasteiger partial charge in [0, 0.05) is 33.4 Å². The van der Waals surface area contributed by atoms with Crippen molar-refractivity contribution in [3.05, 3.63) is 50.9 Å². The van der Waals surface area contributed by atoms with Gasteiger partial charge in [-0.3, -0.25) is 0 Å². The van der Waals surface area contributed by atoms with Crippen molar-refractivity contribution in [2.45, 2.75) is 11.8 Å². The number of hydrogen-bond acceptors (Lipinski definition) is 2. The molecule has 0 N–H and O–H groups in total. The Morgan fingerprint density at radius 2 is 1.83 bits per heavy atom. The molecule has 96 valence electrons. The Morgan fingerprint density at radius 3 is 2.33 bits per heavy atom. The van der Waals surface area contributed by atoms with Crippen LogP contribution in [0.4, 0.5) is 0 Å². The van der Waals surface area contributed by atoms with Gasteiger partial charge in [-0.05, 0) is 17.7 Å². The summed E-state index contributed by atoms with van der Waals surface area (Å²) in [7, 11) is 0. The van der Waals surface area contributed by atoms with E-state index in [4.69, 9.17) is 23.2 Å². The summed E-state index contributed by atoms with van der Waals surface area (Å²) in [5.41, 5.74) is 3.79.